The zero-order valence-corrected chi connectivity index (χ0v) is 10.1. The predicted octanol–water partition coefficient (Wildman–Crippen LogP) is 1.46. The molecule has 1 atom stereocenters. The summed E-state index contributed by atoms with van der Waals surface area (Å²) < 4.78 is 5.13. The maximum absolute atomic E-state index is 9.82. The summed E-state index contributed by atoms with van der Waals surface area (Å²) in [4.78, 5) is 0. The summed E-state index contributed by atoms with van der Waals surface area (Å²) in [5, 5.41) is 22.5. The van der Waals surface area contributed by atoms with E-state index in [-0.39, 0.29) is 12.0 Å². The van der Waals surface area contributed by atoms with E-state index < -0.39 is 6.10 Å². The third-order valence-corrected chi connectivity index (χ3v) is 3.71. The van der Waals surface area contributed by atoms with Gasteiger partial charge in [0, 0.05) is 25.1 Å². The molecule has 1 heterocycles. The topological polar surface area (TPSA) is 65.6 Å². The van der Waals surface area contributed by atoms with Gasteiger partial charge in [0.15, 0.2) is 0 Å². The fourth-order valence-corrected chi connectivity index (χ4v) is 2.57. The van der Waals surface area contributed by atoms with Crippen LogP contribution in [0.15, 0.2) is 22.8 Å². The van der Waals surface area contributed by atoms with E-state index in [1.54, 1.807) is 18.4 Å². The molecule has 1 aliphatic rings. The van der Waals surface area contributed by atoms with E-state index in [4.69, 9.17) is 4.42 Å². The van der Waals surface area contributed by atoms with Crippen molar-refractivity contribution in [3.63, 3.8) is 0 Å². The maximum atomic E-state index is 9.82. The number of hydrogen-bond donors (Lipinski definition) is 3. The number of aliphatic hydroxyl groups excluding tert-OH is 2. The van der Waals surface area contributed by atoms with Crippen LogP contribution in [0.2, 0.25) is 0 Å². The number of aliphatic hydroxyl groups is 2. The third-order valence-electron chi connectivity index (χ3n) is 3.71. The summed E-state index contributed by atoms with van der Waals surface area (Å²) in [7, 11) is 0. The molecule has 0 amide bonds. The maximum Gasteiger partial charge on any atom is 0.133 e. The molecule has 2 rings (SSSR count). The quantitative estimate of drug-likeness (QED) is 0.703. The molecule has 0 saturated heterocycles. The van der Waals surface area contributed by atoms with Crippen molar-refractivity contribution in [2.24, 2.45) is 5.41 Å². The van der Waals surface area contributed by atoms with Crippen molar-refractivity contribution >= 4 is 0 Å². The van der Waals surface area contributed by atoms with E-state index >= 15 is 0 Å². The molecule has 1 unspecified atom stereocenters. The van der Waals surface area contributed by atoms with E-state index in [9.17, 15) is 10.2 Å². The van der Waals surface area contributed by atoms with E-state index in [1.807, 2.05) is 0 Å². The Hall–Kier alpha value is -0.840. The SMILES string of the molecule is OCC1(CNCC(O)c2ccco2)CCCC1. The molecule has 1 saturated carbocycles. The monoisotopic (exact) mass is 239 g/mol. The number of nitrogens with one attached hydrogen (secondary N) is 1. The summed E-state index contributed by atoms with van der Waals surface area (Å²) in [5.41, 5.74) is 0.0306. The Kier molecular flexibility index (Phi) is 4.20. The molecule has 4 nitrogen and oxygen atoms in total. The highest BCUT2D eigenvalue weighted by Gasteiger charge is 2.32. The lowest BCUT2D eigenvalue weighted by Crippen LogP contribution is -2.36. The molecule has 0 bridgehead atoms. The molecule has 1 aromatic heterocycles. The Morgan fingerprint density at radius 1 is 1.41 bits per heavy atom. The van der Waals surface area contributed by atoms with Crippen molar-refractivity contribution in [1.82, 2.24) is 5.32 Å². The van der Waals surface area contributed by atoms with Crippen LogP contribution in [0.5, 0.6) is 0 Å². The van der Waals surface area contributed by atoms with Gasteiger partial charge in [-0.1, -0.05) is 12.8 Å². The predicted molar refractivity (Wildman–Crippen MR) is 64.5 cm³/mol. The summed E-state index contributed by atoms with van der Waals surface area (Å²) in [5.74, 6) is 0.585. The van der Waals surface area contributed by atoms with Gasteiger partial charge in [-0.15, -0.1) is 0 Å². The van der Waals surface area contributed by atoms with Gasteiger partial charge in [0.25, 0.3) is 0 Å². The Morgan fingerprint density at radius 3 is 2.76 bits per heavy atom. The molecule has 0 radical (unpaired) electrons. The lowest BCUT2D eigenvalue weighted by atomic mass is 9.87. The van der Waals surface area contributed by atoms with E-state index in [0.29, 0.717) is 12.3 Å². The van der Waals surface area contributed by atoms with Gasteiger partial charge < -0.3 is 19.9 Å². The molecule has 4 heteroatoms. The highest BCUT2D eigenvalue weighted by Crippen LogP contribution is 2.36. The molecule has 17 heavy (non-hydrogen) atoms. The second kappa shape index (κ2) is 5.67. The van der Waals surface area contributed by atoms with Crippen LogP contribution in [-0.4, -0.2) is 29.9 Å². The minimum absolute atomic E-state index is 0.0306. The first kappa shape index (κ1) is 12.6. The van der Waals surface area contributed by atoms with E-state index in [2.05, 4.69) is 5.32 Å². The normalized spacial score (nSPS) is 20.6. The molecule has 1 aromatic rings. The summed E-state index contributed by atoms with van der Waals surface area (Å²) >= 11 is 0. The van der Waals surface area contributed by atoms with E-state index in [1.165, 1.54) is 12.8 Å². The number of rotatable bonds is 6. The smallest absolute Gasteiger partial charge is 0.133 e. The fraction of sp³-hybridized carbons (Fsp3) is 0.692. The van der Waals surface area contributed by atoms with Crippen molar-refractivity contribution in [2.45, 2.75) is 31.8 Å². The Morgan fingerprint density at radius 2 is 2.18 bits per heavy atom. The van der Waals surface area contributed by atoms with Crippen molar-refractivity contribution < 1.29 is 14.6 Å². The molecular formula is C13H21NO3. The molecule has 0 spiro atoms. The lowest BCUT2D eigenvalue weighted by molar-refractivity contribution is 0.110. The Labute approximate surface area is 102 Å². The first-order valence-electron chi connectivity index (χ1n) is 6.29. The van der Waals surface area contributed by atoms with Gasteiger partial charge in [0.1, 0.15) is 11.9 Å². The van der Waals surface area contributed by atoms with Crippen molar-refractivity contribution in [1.29, 1.82) is 0 Å². The van der Waals surface area contributed by atoms with Crippen molar-refractivity contribution in [2.75, 3.05) is 19.7 Å². The first-order chi connectivity index (χ1) is 8.26. The lowest BCUT2D eigenvalue weighted by Gasteiger charge is -2.27. The van der Waals surface area contributed by atoms with Crippen LogP contribution in [0.25, 0.3) is 0 Å². The van der Waals surface area contributed by atoms with Crippen LogP contribution in [0, 0.1) is 5.41 Å². The van der Waals surface area contributed by atoms with Crippen molar-refractivity contribution in [3.8, 4) is 0 Å². The minimum atomic E-state index is -0.609. The molecule has 3 N–H and O–H groups in total. The molecule has 1 fully saturated rings. The van der Waals surface area contributed by atoms with Gasteiger partial charge in [-0.25, -0.2) is 0 Å². The molecule has 0 aromatic carbocycles. The van der Waals surface area contributed by atoms with Crippen LogP contribution < -0.4 is 5.32 Å². The molecule has 0 aliphatic heterocycles. The fourth-order valence-electron chi connectivity index (χ4n) is 2.57. The Balaban J connectivity index is 1.75. The van der Waals surface area contributed by atoms with Gasteiger partial charge in [-0.2, -0.15) is 0 Å². The van der Waals surface area contributed by atoms with Gasteiger partial charge >= 0.3 is 0 Å². The average molecular weight is 239 g/mol. The van der Waals surface area contributed by atoms with Gasteiger partial charge in [0.2, 0.25) is 0 Å². The standard InChI is InChI=1S/C13H21NO3/c15-10-13(5-1-2-6-13)9-14-8-11(16)12-4-3-7-17-12/h3-4,7,11,14-16H,1-2,5-6,8-10H2. The summed E-state index contributed by atoms with van der Waals surface area (Å²) in [6, 6.07) is 3.54. The molecule has 96 valence electrons. The van der Waals surface area contributed by atoms with E-state index in [0.717, 1.165) is 19.4 Å². The van der Waals surface area contributed by atoms with Gasteiger partial charge in [-0.3, -0.25) is 0 Å². The second-order valence-corrected chi connectivity index (χ2v) is 5.03. The van der Waals surface area contributed by atoms with Gasteiger partial charge in [0.05, 0.1) is 6.26 Å². The zero-order valence-electron chi connectivity index (χ0n) is 10.1. The largest absolute Gasteiger partial charge is 0.467 e. The Bertz CT molecular complexity index is 317. The highest BCUT2D eigenvalue weighted by molar-refractivity contribution is 5.02. The van der Waals surface area contributed by atoms with Gasteiger partial charge in [-0.05, 0) is 25.0 Å². The number of furan rings is 1. The van der Waals surface area contributed by atoms with Crippen LogP contribution in [0.1, 0.15) is 37.5 Å². The first-order valence-corrected chi connectivity index (χ1v) is 6.29. The van der Waals surface area contributed by atoms with Crippen LogP contribution >= 0.6 is 0 Å². The van der Waals surface area contributed by atoms with Crippen LogP contribution in [0.4, 0.5) is 0 Å². The number of hydrogen-bond acceptors (Lipinski definition) is 4. The minimum Gasteiger partial charge on any atom is -0.467 e. The summed E-state index contributed by atoms with van der Waals surface area (Å²) in [6.45, 7) is 1.47. The van der Waals surface area contributed by atoms with Crippen molar-refractivity contribution in [3.05, 3.63) is 24.2 Å². The third kappa shape index (κ3) is 3.09. The highest BCUT2D eigenvalue weighted by atomic mass is 16.4. The second-order valence-electron chi connectivity index (χ2n) is 5.03. The molecular weight excluding hydrogens is 218 g/mol. The van der Waals surface area contributed by atoms with Crippen LogP contribution in [0.3, 0.4) is 0 Å². The summed E-state index contributed by atoms with van der Waals surface area (Å²) in [6.07, 6.45) is 5.50. The van der Waals surface area contributed by atoms with Crippen LogP contribution in [-0.2, 0) is 0 Å². The zero-order chi connectivity index (χ0) is 12.1. The molecule has 1 aliphatic carbocycles. The average Bonchev–Trinajstić information content (AvgIpc) is 3.01.